The first-order valence-corrected chi connectivity index (χ1v) is 38.8. The van der Waals surface area contributed by atoms with Crippen LogP contribution in [0, 0.1) is 35.8 Å². The Morgan fingerprint density at radius 2 is 0.534 bits per heavy atom. The number of fused-ring (bicyclic) bond motifs is 13. The summed E-state index contributed by atoms with van der Waals surface area (Å²) in [5.41, 5.74) is 29.8. The molecule has 534 valence electrons. The molecule has 22 rings (SSSR count). The number of benzene rings is 17. The van der Waals surface area contributed by atoms with Crippen LogP contribution < -0.4 is 26.2 Å². The Morgan fingerprint density at radius 3 is 0.888 bits per heavy atom. The zero-order chi connectivity index (χ0) is 77.2. The highest BCUT2D eigenvalue weighted by Gasteiger charge is 2.45. The summed E-state index contributed by atoms with van der Waals surface area (Å²) in [5.74, 6) is 0. The normalized spacial score (nSPS) is 12.1. The minimum absolute atomic E-state index is 0.443. The van der Waals surface area contributed by atoms with E-state index < -0.39 is 6.71 Å². The van der Waals surface area contributed by atoms with E-state index in [0.717, 1.165) is 178 Å². The Morgan fingerprint density at radius 1 is 0.241 bits per heavy atom. The van der Waals surface area contributed by atoms with Crippen molar-refractivity contribution >= 4 is 134 Å². The summed E-state index contributed by atoms with van der Waals surface area (Å²) in [6.45, 7) is 17.9. The van der Waals surface area contributed by atoms with Gasteiger partial charge in [-0.2, -0.15) is 10.5 Å². The first-order valence-electron chi connectivity index (χ1n) is 38.8. The molecule has 17 aromatic carbocycles. The van der Waals surface area contributed by atoms with Gasteiger partial charge in [-0.25, -0.2) is 9.69 Å². The Balaban J connectivity index is 0.867. The first-order chi connectivity index (χ1) is 57.4. The predicted octanol–water partition coefficient (Wildman–Crippen LogP) is 25.9. The van der Waals surface area contributed by atoms with Crippen LogP contribution in [0.15, 0.2) is 376 Å². The lowest BCUT2D eigenvalue weighted by Crippen LogP contribution is -2.61. The third-order valence-electron chi connectivity index (χ3n) is 23.6. The van der Waals surface area contributed by atoms with Crippen LogP contribution in [0.2, 0.25) is 0 Å². The van der Waals surface area contributed by atoms with E-state index in [-0.39, 0.29) is 0 Å². The van der Waals surface area contributed by atoms with Crippen LogP contribution >= 0.6 is 0 Å². The van der Waals surface area contributed by atoms with Gasteiger partial charge in [-0.3, -0.25) is 0 Å². The fourth-order valence-corrected chi connectivity index (χ4v) is 18.5. The van der Waals surface area contributed by atoms with Gasteiger partial charge in [-0.05, 0) is 215 Å². The second-order valence-corrected chi connectivity index (χ2v) is 29.9. The van der Waals surface area contributed by atoms with Gasteiger partial charge in [-0.1, -0.05) is 255 Å². The zero-order valence-corrected chi connectivity index (χ0v) is 62.4. The SMILES string of the molecule is [C-]#[N+]c1cc(-c2ccccc2)cc2c3cc(-c4ccccc4)cc([N+]#[C-])c3n(-c3ccc4c(c3)N(c3ccc(-c5ccccc5)cc3)c3cc(-n5c6ccccc6c6ccccc65)cc5c3B4c3ccc(-n4c6c(C#N)cc(-c7ccccc7)cc6c6cc(-c7ccccc7)cc(C#N)c64)cc3N5c3ccc(-c4ccccc4)cc3)c12. The van der Waals surface area contributed by atoms with E-state index in [2.05, 4.69) is 324 Å². The van der Waals surface area contributed by atoms with Gasteiger partial charge in [0, 0.05) is 67.0 Å². The van der Waals surface area contributed by atoms with E-state index >= 15 is 0 Å². The molecule has 0 radical (unpaired) electrons. The van der Waals surface area contributed by atoms with Gasteiger partial charge >= 0.3 is 0 Å². The van der Waals surface area contributed by atoms with Crippen molar-refractivity contribution in [1.29, 1.82) is 10.5 Å². The summed E-state index contributed by atoms with van der Waals surface area (Å²) in [6, 6.07) is 138. The number of hydrogen-bond acceptors (Lipinski definition) is 4. The van der Waals surface area contributed by atoms with Crippen LogP contribution in [0.3, 0.4) is 0 Å². The van der Waals surface area contributed by atoms with E-state index in [1.165, 1.54) is 0 Å². The Bertz CT molecular complexity index is 6980. The second-order valence-electron chi connectivity index (χ2n) is 29.9. The van der Waals surface area contributed by atoms with Gasteiger partial charge in [-0.15, -0.1) is 0 Å². The van der Waals surface area contributed by atoms with Crippen molar-refractivity contribution in [1.82, 2.24) is 13.7 Å². The number of nitriles is 2. The lowest BCUT2D eigenvalue weighted by Gasteiger charge is -2.44. The summed E-state index contributed by atoms with van der Waals surface area (Å²) in [7, 11) is 0. The summed E-state index contributed by atoms with van der Waals surface area (Å²) in [5, 5.41) is 29.1. The van der Waals surface area contributed by atoms with Crippen molar-refractivity contribution in [3.63, 3.8) is 0 Å². The van der Waals surface area contributed by atoms with Gasteiger partial charge in [0.1, 0.15) is 12.1 Å². The van der Waals surface area contributed by atoms with E-state index in [1.807, 2.05) is 97.1 Å². The molecule has 9 nitrogen and oxygen atoms in total. The van der Waals surface area contributed by atoms with Crippen LogP contribution in [0.25, 0.3) is 159 Å². The summed E-state index contributed by atoms with van der Waals surface area (Å²) < 4.78 is 6.78. The average Bonchev–Trinajstić information content (AvgIpc) is 1.02. The molecule has 0 saturated heterocycles. The number of rotatable bonds is 11. The van der Waals surface area contributed by atoms with E-state index in [1.54, 1.807) is 0 Å². The number of nitrogens with zero attached hydrogens (tertiary/aromatic N) is 9. The summed E-state index contributed by atoms with van der Waals surface area (Å²) in [6.07, 6.45) is 0. The van der Waals surface area contributed by atoms with Crippen LogP contribution in [0.4, 0.5) is 45.5 Å². The third-order valence-corrected chi connectivity index (χ3v) is 23.6. The molecular formula is C106H62BN9. The standard InChI is InChI=1S/C106H62BN9/c1-110-94-59-77(71-33-17-7-18-34-71)57-90-91-58-78(72-35-19-8-20-36-72)60-95(111-2)106(91)116(105(90)94)84-50-52-93-99(62-84)113(82-47-43-74(44-48-82)68-27-11-4-12-28-68)101-64-85(114-96-39-23-21-37-86(96)87-38-22-24-40-97(87)114)63-100-102(101)107(93)92-51-49-83(61-98(92)112(100)81-45-41-73(42-46-81)67-25-9-3-10-26-67)115-103-79(65-108)53-75(69-29-13-5-14-30-69)55-88(103)89-56-76(54-80(66-109)104(89)115)70-31-15-6-16-32-70/h3-64H. The molecule has 0 spiro atoms. The highest BCUT2D eigenvalue weighted by atomic mass is 15.2. The molecule has 0 bridgehead atoms. The number of hydrogen-bond donors (Lipinski definition) is 0. The van der Waals surface area contributed by atoms with E-state index in [0.29, 0.717) is 44.6 Å². The van der Waals surface area contributed by atoms with Gasteiger partial charge in [0.05, 0.1) is 63.1 Å². The van der Waals surface area contributed by atoms with Gasteiger partial charge in [0.25, 0.3) is 6.71 Å². The third kappa shape index (κ3) is 10.5. The van der Waals surface area contributed by atoms with Crippen molar-refractivity contribution in [3.05, 3.63) is 410 Å². The molecule has 2 aliphatic rings. The van der Waals surface area contributed by atoms with E-state index in [9.17, 15) is 23.7 Å². The number of aromatic nitrogens is 3. The van der Waals surface area contributed by atoms with Crippen LogP contribution in [-0.4, -0.2) is 20.4 Å². The van der Waals surface area contributed by atoms with Crippen LogP contribution in [0.5, 0.6) is 0 Å². The average molecular weight is 1470 g/mol. The van der Waals surface area contributed by atoms with Gasteiger partial charge in [0.15, 0.2) is 0 Å². The Kier molecular flexibility index (Phi) is 15.4. The smallest absolute Gasteiger partial charge is 0.252 e. The number of anilines is 6. The highest BCUT2D eigenvalue weighted by Crippen LogP contribution is 2.52. The van der Waals surface area contributed by atoms with Crippen LogP contribution in [0.1, 0.15) is 11.1 Å². The zero-order valence-electron chi connectivity index (χ0n) is 62.4. The van der Waals surface area contributed by atoms with Crippen molar-refractivity contribution in [2.24, 2.45) is 0 Å². The molecular weight excluding hydrogens is 1410 g/mol. The van der Waals surface area contributed by atoms with Crippen LogP contribution in [-0.2, 0) is 0 Å². The molecule has 0 saturated carbocycles. The fourth-order valence-electron chi connectivity index (χ4n) is 18.5. The fraction of sp³-hybridized carbons (Fsp3) is 0. The summed E-state index contributed by atoms with van der Waals surface area (Å²) >= 11 is 0. The maximum absolute atomic E-state index is 11.7. The first kappa shape index (κ1) is 66.7. The molecule has 0 fully saturated rings. The maximum Gasteiger partial charge on any atom is 0.252 e. The molecule has 116 heavy (non-hydrogen) atoms. The molecule has 20 aromatic rings. The molecule has 0 amide bonds. The molecule has 0 unspecified atom stereocenters. The summed E-state index contributed by atoms with van der Waals surface area (Å²) in [4.78, 5) is 13.8. The molecule has 10 heteroatoms. The molecule has 0 aliphatic carbocycles. The molecule has 5 heterocycles. The lowest BCUT2D eigenvalue weighted by atomic mass is 9.33. The second kappa shape index (κ2) is 26.8. The minimum Gasteiger partial charge on any atom is -0.329 e. The Labute approximate surface area is 669 Å². The minimum atomic E-state index is -0.443. The molecule has 0 atom stereocenters. The predicted molar refractivity (Wildman–Crippen MR) is 478 cm³/mol. The van der Waals surface area contributed by atoms with Crippen molar-refractivity contribution in [3.8, 4) is 96.0 Å². The number of para-hydroxylation sites is 2. The molecule has 2 aliphatic heterocycles. The Hall–Kier alpha value is -16.2. The van der Waals surface area contributed by atoms with Crippen molar-refractivity contribution in [2.45, 2.75) is 0 Å². The molecule has 3 aromatic heterocycles. The van der Waals surface area contributed by atoms with Crippen molar-refractivity contribution < 1.29 is 0 Å². The topological polar surface area (TPSA) is 77.6 Å². The maximum atomic E-state index is 11.7. The van der Waals surface area contributed by atoms with Gasteiger partial charge < -0.3 is 23.5 Å². The lowest BCUT2D eigenvalue weighted by molar-refractivity contribution is 1.15. The molecule has 0 N–H and O–H groups in total. The quantitative estimate of drug-likeness (QED) is 0.0955. The van der Waals surface area contributed by atoms with Crippen molar-refractivity contribution in [2.75, 3.05) is 9.80 Å². The largest absolute Gasteiger partial charge is 0.329 e. The highest BCUT2D eigenvalue weighted by molar-refractivity contribution is 7.00. The van der Waals surface area contributed by atoms with E-state index in [4.69, 9.17) is 0 Å². The monoisotopic (exact) mass is 1470 g/mol. The van der Waals surface area contributed by atoms with Gasteiger partial charge in [0.2, 0.25) is 11.4 Å².